The molecular weight excluding hydrogens is 657 g/mol. The molecule has 2 aromatic carbocycles. The van der Waals surface area contributed by atoms with Crippen LogP contribution in [0.3, 0.4) is 0 Å². The second-order valence-corrected chi connectivity index (χ2v) is 12.3. The molecule has 0 spiro atoms. The van der Waals surface area contributed by atoms with E-state index in [9.17, 15) is 32.3 Å². The molecule has 4 aromatic rings. The molecule has 0 saturated heterocycles. The van der Waals surface area contributed by atoms with Gasteiger partial charge in [-0.05, 0) is 50.1 Å². The van der Waals surface area contributed by atoms with Gasteiger partial charge in [0.1, 0.15) is 40.5 Å². The van der Waals surface area contributed by atoms with Crippen molar-refractivity contribution in [3.05, 3.63) is 69.2 Å². The molecule has 46 heavy (non-hydrogen) atoms. The Morgan fingerprint density at radius 1 is 1.20 bits per heavy atom. The quantitative estimate of drug-likeness (QED) is 0.171. The molecule has 0 unspecified atom stereocenters. The first-order chi connectivity index (χ1) is 21.6. The number of nitrogens with zero attached hydrogens (tertiary/aromatic N) is 3. The molecule has 242 valence electrons. The van der Waals surface area contributed by atoms with Crippen molar-refractivity contribution >= 4 is 45.9 Å². The summed E-state index contributed by atoms with van der Waals surface area (Å²) in [6, 6.07) is 5.69. The molecule has 2 aromatic heterocycles. The molecule has 2 aliphatic rings. The number of hydrogen-bond acceptors (Lipinski definition) is 7. The Balaban J connectivity index is 1.43. The Hall–Kier alpha value is -4.14. The number of primary amides is 1. The number of alkyl halides is 3. The fourth-order valence-corrected chi connectivity index (χ4v) is 5.74. The number of aromatic nitrogens is 3. The van der Waals surface area contributed by atoms with Crippen LogP contribution in [0.1, 0.15) is 47.4 Å². The fraction of sp³-hybridized carbons (Fsp3) is 0.333. The number of nitrogens with one attached hydrogen (secondary N) is 1. The Morgan fingerprint density at radius 3 is 2.54 bits per heavy atom. The van der Waals surface area contributed by atoms with Gasteiger partial charge in [-0.3, -0.25) is 14.3 Å². The maximum absolute atomic E-state index is 14.8. The number of hydrogen-bond donors (Lipinski definition) is 3. The lowest BCUT2D eigenvalue weighted by Gasteiger charge is -2.31. The average Bonchev–Trinajstić information content (AvgIpc) is 3.67. The van der Waals surface area contributed by atoms with Crippen LogP contribution < -0.4 is 20.5 Å². The summed E-state index contributed by atoms with van der Waals surface area (Å²) in [4.78, 5) is 29.8. The third kappa shape index (κ3) is 5.17. The molecule has 1 fully saturated rings. The molecule has 0 bridgehead atoms. The van der Waals surface area contributed by atoms with E-state index in [1.54, 1.807) is 10.9 Å². The zero-order valence-electron chi connectivity index (χ0n) is 24.1. The second kappa shape index (κ2) is 11.0. The van der Waals surface area contributed by atoms with Crippen LogP contribution in [0.4, 0.5) is 17.6 Å². The van der Waals surface area contributed by atoms with Crippen molar-refractivity contribution in [1.29, 1.82) is 0 Å². The molecule has 1 aliphatic carbocycles. The van der Waals surface area contributed by atoms with E-state index in [1.165, 1.54) is 26.2 Å². The number of aliphatic hydroxyl groups is 1. The number of rotatable bonds is 8. The van der Waals surface area contributed by atoms with E-state index < -0.39 is 52.8 Å². The molecule has 0 radical (unpaired) electrons. The van der Waals surface area contributed by atoms with Gasteiger partial charge in [0.25, 0.3) is 5.91 Å². The molecule has 1 saturated carbocycles. The number of carbonyl (C=O) groups is 2. The molecule has 2 amide bonds. The van der Waals surface area contributed by atoms with Gasteiger partial charge >= 0.3 is 6.18 Å². The average molecular weight is 682 g/mol. The lowest BCUT2D eigenvalue weighted by molar-refractivity contribution is -0.265. The molecule has 3 heterocycles. The molecule has 10 nitrogen and oxygen atoms in total. The fourth-order valence-electron chi connectivity index (χ4n) is 5.27. The van der Waals surface area contributed by atoms with Gasteiger partial charge in [-0.2, -0.15) is 18.3 Å². The summed E-state index contributed by atoms with van der Waals surface area (Å²) >= 11 is 12.1. The molecular formula is C30H25Cl2F4N5O5. The first-order valence-corrected chi connectivity index (χ1v) is 14.6. The van der Waals surface area contributed by atoms with Gasteiger partial charge < -0.3 is 25.6 Å². The van der Waals surface area contributed by atoms with Crippen molar-refractivity contribution in [2.45, 2.75) is 43.0 Å². The van der Waals surface area contributed by atoms with Crippen LogP contribution in [-0.4, -0.2) is 58.1 Å². The summed E-state index contributed by atoms with van der Waals surface area (Å²) in [6.07, 6.45) is -1.82. The maximum Gasteiger partial charge on any atom is 0.424 e. The van der Waals surface area contributed by atoms with E-state index in [0.717, 1.165) is 31.0 Å². The van der Waals surface area contributed by atoms with Crippen LogP contribution in [0.5, 0.6) is 11.5 Å². The first-order valence-electron chi connectivity index (χ1n) is 13.8. The summed E-state index contributed by atoms with van der Waals surface area (Å²) in [6.45, 7) is -0.451. The number of amides is 2. The van der Waals surface area contributed by atoms with E-state index in [-0.39, 0.29) is 50.9 Å². The van der Waals surface area contributed by atoms with Gasteiger partial charge in [0, 0.05) is 28.3 Å². The number of nitrogens with two attached hydrogens (primary N) is 1. The van der Waals surface area contributed by atoms with Gasteiger partial charge in [0.2, 0.25) is 11.5 Å². The normalized spacial score (nSPS) is 19.0. The van der Waals surface area contributed by atoms with Gasteiger partial charge in [-0.25, -0.2) is 9.37 Å². The summed E-state index contributed by atoms with van der Waals surface area (Å²) in [7, 11) is 1.37. The van der Waals surface area contributed by atoms with Crippen LogP contribution >= 0.6 is 23.2 Å². The number of benzene rings is 2. The van der Waals surface area contributed by atoms with Gasteiger partial charge in [0.15, 0.2) is 0 Å². The summed E-state index contributed by atoms with van der Waals surface area (Å²) < 4.78 is 71.7. The van der Waals surface area contributed by atoms with E-state index >= 15 is 0 Å². The standard InChI is InChI=1S/C30H25Cl2F4N5O5/c1-28(27(37)43)12-46-25-17(28)8-22(39-24(25)16-7-20(33)19(32)9-18(16)31)29(44,30(34,35)36)11-38-26(42)13-5-14-10-41(15-3-4-15)40-23(14)21(6-13)45-2/h5-10,15,44H,3-4,11-12H2,1-2H3,(H2,37,43)(H,38,42)/t28-,29-/m0/s1. The first kappa shape index (κ1) is 31.8. The van der Waals surface area contributed by atoms with Crippen molar-refractivity contribution in [2.75, 3.05) is 20.3 Å². The summed E-state index contributed by atoms with van der Waals surface area (Å²) in [5.74, 6) is -2.83. The minimum Gasteiger partial charge on any atom is -0.494 e. The molecule has 6 rings (SSSR count). The van der Waals surface area contributed by atoms with Gasteiger partial charge in [-0.1, -0.05) is 23.2 Å². The highest BCUT2D eigenvalue weighted by atomic mass is 35.5. The highest BCUT2D eigenvalue weighted by Crippen LogP contribution is 2.49. The zero-order chi connectivity index (χ0) is 33.3. The Kier molecular flexibility index (Phi) is 7.60. The van der Waals surface area contributed by atoms with Crippen molar-refractivity contribution < 1.29 is 41.7 Å². The summed E-state index contributed by atoms with van der Waals surface area (Å²) in [5, 5.41) is 17.9. The highest BCUT2D eigenvalue weighted by Gasteiger charge is 2.58. The van der Waals surface area contributed by atoms with E-state index in [2.05, 4.69) is 15.4 Å². The number of ether oxygens (including phenoxy) is 2. The van der Waals surface area contributed by atoms with E-state index in [0.29, 0.717) is 10.9 Å². The van der Waals surface area contributed by atoms with Gasteiger partial charge in [0.05, 0.1) is 35.4 Å². The van der Waals surface area contributed by atoms with Crippen molar-refractivity contribution in [3.63, 3.8) is 0 Å². The number of halogens is 6. The van der Waals surface area contributed by atoms with Crippen LogP contribution in [0.15, 0.2) is 36.5 Å². The number of methoxy groups -OCH3 is 1. The number of carbonyl (C=O) groups excluding carboxylic acids is 2. The minimum absolute atomic E-state index is 0.0510. The van der Waals surface area contributed by atoms with Crippen molar-refractivity contribution in [3.8, 4) is 22.8 Å². The van der Waals surface area contributed by atoms with Crippen LogP contribution in [-0.2, 0) is 15.8 Å². The van der Waals surface area contributed by atoms with E-state index in [4.69, 9.17) is 38.4 Å². The SMILES string of the molecule is COc1cc(C(=O)NC[C@](O)(c2cc3c(c(-c4cc(F)c(Cl)cc4Cl)n2)OC[C@]3(C)C(N)=O)C(F)(F)F)cc2cn(C3CC3)nc12. The Bertz CT molecular complexity index is 1930. The minimum atomic E-state index is -5.43. The van der Waals surface area contributed by atoms with Crippen LogP contribution in [0, 0.1) is 5.82 Å². The predicted octanol–water partition coefficient (Wildman–Crippen LogP) is 5.20. The maximum atomic E-state index is 14.8. The van der Waals surface area contributed by atoms with E-state index in [1.807, 2.05) is 0 Å². The number of fused-ring (bicyclic) bond motifs is 2. The monoisotopic (exact) mass is 681 g/mol. The highest BCUT2D eigenvalue weighted by molar-refractivity contribution is 6.36. The molecule has 16 heteroatoms. The third-order valence-corrected chi connectivity index (χ3v) is 8.88. The summed E-state index contributed by atoms with van der Waals surface area (Å²) in [5.41, 5.74) is -1.27. The Morgan fingerprint density at radius 2 is 1.91 bits per heavy atom. The van der Waals surface area contributed by atoms with Gasteiger partial charge in [-0.15, -0.1) is 0 Å². The van der Waals surface area contributed by atoms with Crippen LogP contribution in [0.25, 0.3) is 22.2 Å². The molecule has 4 N–H and O–H groups in total. The predicted molar refractivity (Wildman–Crippen MR) is 159 cm³/mol. The third-order valence-electron chi connectivity index (χ3n) is 8.27. The second-order valence-electron chi connectivity index (χ2n) is 11.5. The smallest absolute Gasteiger partial charge is 0.424 e. The lowest BCUT2D eigenvalue weighted by atomic mass is 9.81. The van der Waals surface area contributed by atoms with Crippen molar-refractivity contribution in [2.24, 2.45) is 5.73 Å². The zero-order valence-corrected chi connectivity index (χ0v) is 25.6. The van der Waals surface area contributed by atoms with Crippen molar-refractivity contribution in [1.82, 2.24) is 20.1 Å². The number of pyridine rings is 1. The van der Waals surface area contributed by atoms with Crippen LogP contribution in [0.2, 0.25) is 10.0 Å². The Labute approximate surface area is 268 Å². The largest absolute Gasteiger partial charge is 0.494 e. The topological polar surface area (TPSA) is 142 Å². The molecule has 2 atom stereocenters. The molecule has 1 aliphatic heterocycles. The lowest BCUT2D eigenvalue weighted by Crippen LogP contribution is -2.51.